The third-order valence-electron chi connectivity index (χ3n) is 3.63. The van der Waals surface area contributed by atoms with Crippen molar-refractivity contribution in [2.45, 2.75) is 4.90 Å². The van der Waals surface area contributed by atoms with Crippen LogP contribution < -0.4 is 14.6 Å². The lowest BCUT2D eigenvalue weighted by Crippen LogP contribution is -2.19. The number of carbonyl (C=O) groups excluding carboxylic acids is 1. The predicted octanol–water partition coefficient (Wildman–Crippen LogP) is 1.73. The molecule has 8 heteroatoms. The molecule has 0 atom stereocenters. The summed E-state index contributed by atoms with van der Waals surface area (Å²) in [6.45, 7) is 0.339. The molecule has 1 aliphatic rings. The zero-order valence-corrected chi connectivity index (χ0v) is 14.6. The first-order valence-corrected chi connectivity index (χ1v) is 9.33. The zero-order chi connectivity index (χ0) is 18.6. The molecular weight excluding hydrogens is 358 g/mol. The van der Waals surface area contributed by atoms with Crippen molar-refractivity contribution in [3.8, 4) is 11.5 Å². The standard InChI is InChI=1S/C18H17NO6S/c19-26(21,22)16-7-5-15(6-8-16)23-9-10-24-18(20)14-11-13-3-1-2-4-17(13)25-12-14/h1-8,11H,9-10,12H2,(H2,19,21,22). The van der Waals surface area contributed by atoms with Crippen LogP contribution in [-0.4, -0.2) is 34.2 Å². The number of rotatable bonds is 6. The van der Waals surface area contributed by atoms with Gasteiger partial charge in [0.25, 0.3) is 0 Å². The lowest BCUT2D eigenvalue weighted by molar-refractivity contribution is -0.140. The summed E-state index contributed by atoms with van der Waals surface area (Å²) < 4.78 is 38.4. The number of primary sulfonamides is 1. The molecule has 0 aromatic heterocycles. The summed E-state index contributed by atoms with van der Waals surface area (Å²) in [5.74, 6) is 0.714. The molecule has 0 saturated heterocycles. The van der Waals surface area contributed by atoms with Gasteiger partial charge in [-0.15, -0.1) is 0 Å². The maximum atomic E-state index is 12.1. The Hall–Kier alpha value is -2.84. The van der Waals surface area contributed by atoms with E-state index < -0.39 is 16.0 Å². The lowest BCUT2D eigenvalue weighted by Gasteiger charge is -2.17. The Labute approximate surface area is 151 Å². The van der Waals surface area contributed by atoms with Crippen LogP contribution in [0.2, 0.25) is 0 Å². The maximum absolute atomic E-state index is 12.1. The molecule has 1 heterocycles. The fourth-order valence-corrected chi connectivity index (χ4v) is 2.86. The summed E-state index contributed by atoms with van der Waals surface area (Å²) in [7, 11) is -3.73. The van der Waals surface area contributed by atoms with Gasteiger partial charge in [-0.3, -0.25) is 0 Å². The molecule has 3 rings (SSSR count). The van der Waals surface area contributed by atoms with E-state index in [1.807, 2.05) is 24.3 Å². The number of hydrogen-bond acceptors (Lipinski definition) is 6. The van der Waals surface area contributed by atoms with Gasteiger partial charge in [0.2, 0.25) is 10.0 Å². The van der Waals surface area contributed by atoms with Crippen LogP contribution in [0.3, 0.4) is 0 Å². The Morgan fingerprint density at radius 1 is 1.08 bits per heavy atom. The molecule has 136 valence electrons. The highest BCUT2D eigenvalue weighted by Gasteiger charge is 2.18. The Kier molecular flexibility index (Phi) is 5.24. The number of sulfonamides is 1. The van der Waals surface area contributed by atoms with E-state index in [1.54, 1.807) is 6.08 Å². The largest absolute Gasteiger partial charge is 0.490 e. The van der Waals surface area contributed by atoms with Crippen LogP contribution in [0.25, 0.3) is 6.08 Å². The van der Waals surface area contributed by atoms with E-state index in [0.717, 1.165) is 11.3 Å². The fraction of sp³-hybridized carbons (Fsp3) is 0.167. The lowest BCUT2D eigenvalue weighted by atomic mass is 10.1. The normalized spacial score (nSPS) is 13.2. The van der Waals surface area contributed by atoms with Gasteiger partial charge in [0.15, 0.2) is 0 Å². The van der Waals surface area contributed by atoms with Gasteiger partial charge in [-0.25, -0.2) is 18.4 Å². The number of para-hydroxylation sites is 1. The average Bonchev–Trinajstić information content (AvgIpc) is 2.64. The molecule has 0 radical (unpaired) electrons. The molecule has 2 aromatic carbocycles. The van der Waals surface area contributed by atoms with Gasteiger partial charge in [0.1, 0.15) is 31.3 Å². The molecule has 1 aliphatic heterocycles. The molecule has 0 aliphatic carbocycles. The summed E-state index contributed by atoms with van der Waals surface area (Å²) in [4.78, 5) is 12.1. The first-order chi connectivity index (χ1) is 12.4. The molecule has 2 aromatic rings. The van der Waals surface area contributed by atoms with E-state index in [1.165, 1.54) is 24.3 Å². The second-order valence-corrected chi connectivity index (χ2v) is 7.06. The molecule has 0 bridgehead atoms. The molecular formula is C18H17NO6S. The number of nitrogens with two attached hydrogens (primary N) is 1. The van der Waals surface area contributed by atoms with Gasteiger partial charge < -0.3 is 14.2 Å². The minimum Gasteiger partial charge on any atom is -0.490 e. The first-order valence-electron chi connectivity index (χ1n) is 7.79. The van der Waals surface area contributed by atoms with E-state index in [4.69, 9.17) is 19.3 Å². The summed E-state index contributed by atoms with van der Waals surface area (Å²) in [6.07, 6.45) is 1.74. The van der Waals surface area contributed by atoms with Gasteiger partial charge >= 0.3 is 5.97 Å². The van der Waals surface area contributed by atoms with Gasteiger partial charge in [-0.05, 0) is 36.4 Å². The van der Waals surface area contributed by atoms with Crippen LogP contribution >= 0.6 is 0 Å². The van der Waals surface area contributed by atoms with Crippen molar-refractivity contribution in [2.24, 2.45) is 5.14 Å². The Morgan fingerprint density at radius 3 is 2.54 bits per heavy atom. The average molecular weight is 375 g/mol. The van der Waals surface area contributed by atoms with E-state index in [2.05, 4.69) is 0 Å². The highest BCUT2D eigenvalue weighted by Crippen LogP contribution is 2.26. The fourth-order valence-electron chi connectivity index (χ4n) is 2.35. The van der Waals surface area contributed by atoms with Crippen molar-refractivity contribution in [3.05, 3.63) is 59.7 Å². The van der Waals surface area contributed by atoms with E-state index in [0.29, 0.717) is 11.3 Å². The van der Waals surface area contributed by atoms with Gasteiger partial charge in [-0.1, -0.05) is 18.2 Å². The number of hydrogen-bond donors (Lipinski definition) is 1. The summed E-state index contributed by atoms with van der Waals surface area (Å²) in [5.41, 5.74) is 1.26. The zero-order valence-electron chi connectivity index (χ0n) is 13.8. The monoisotopic (exact) mass is 375 g/mol. The minimum absolute atomic E-state index is 0.000736. The molecule has 26 heavy (non-hydrogen) atoms. The number of ether oxygens (including phenoxy) is 3. The van der Waals surface area contributed by atoms with Crippen molar-refractivity contribution in [1.29, 1.82) is 0 Å². The van der Waals surface area contributed by atoms with Crippen LogP contribution in [0.5, 0.6) is 11.5 Å². The molecule has 0 spiro atoms. The van der Waals surface area contributed by atoms with Crippen molar-refractivity contribution < 1.29 is 27.4 Å². The number of fused-ring (bicyclic) bond motifs is 1. The van der Waals surface area contributed by atoms with Crippen LogP contribution in [0.1, 0.15) is 5.56 Å². The van der Waals surface area contributed by atoms with E-state index in [-0.39, 0.29) is 24.7 Å². The van der Waals surface area contributed by atoms with Crippen LogP contribution in [0.4, 0.5) is 0 Å². The summed E-state index contributed by atoms with van der Waals surface area (Å²) >= 11 is 0. The molecule has 0 amide bonds. The second-order valence-electron chi connectivity index (χ2n) is 5.50. The van der Waals surface area contributed by atoms with E-state index in [9.17, 15) is 13.2 Å². The molecule has 7 nitrogen and oxygen atoms in total. The second kappa shape index (κ2) is 7.59. The van der Waals surface area contributed by atoms with Crippen molar-refractivity contribution in [2.75, 3.05) is 19.8 Å². The van der Waals surface area contributed by atoms with Crippen molar-refractivity contribution >= 4 is 22.1 Å². The topological polar surface area (TPSA) is 105 Å². The summed E-state index contributed by atoms with van der Waals surface area (Å²) in [6, 6.07) is 13.1. The van der Waals surface area contributed by atoms with Crippen molar-refractivity contribution in [3.63, 3.8) is 0 Å². The molecule has 0 unspecified atom stereocenters. The SMILES string of the molecule is NS(=O)(=O)c1ccc(OCCOC(=O)C2=Cc3ccccc3OC2)cc1. The van der Waals surface area contributed by atoms with Gasteiger partial charge in [0, 0.05) is 5.56 Å². The molecule has 2 N–H and O–H groups in total. The third kappa shape index (κ3) is 4.41. The maximum Gasteiger partial charge on any atom is 0.337 e. The van der Waals surface area contributed by atoms with E-state index >= 15 is 0 Å². The van der Waals surface area contributed by atoms with Crippen LogP contribution in [0, 0.1) is 0 Å². The third-order valence-corrected chi connectivity index (χ3v) is 4.56. The van der Waals surface area contributed by atoms with Gasteiger partial charge in [0.05, 0.1) is 10.5 Å². The quantitative estimate of drug-likeness (QED) is 0.609. The minimum atomic E-state index is -3.73. The van der Waals surface area contributed by atoms with Gasteiger partial charge in [-0.2, -0.15) is 0 Å². The highest BCUT2D eigenvalue weighted by molar-refractivity contribution is 7.89. The number of benzene rings is 2. The number of carbonyl (C=O) groups is 1. The smallest absolute Gasteiger partial charge is 0.337 e. The molecule has 0 saturated carbocycles. The Balaban J connectivity index is 1.48. The van der Waals surface area contributed by atoms with Crippen molar-refractivity contribution in [1.82, 2.24) is 0 Å². The predicted molar refractivity (Wildman–Crippen MR) is 94.2 cm³/mol. The van der Waals surface area contributed by atoms with Crippen LogP contribution in [0.15, 0.2) is 59.0 Å². The molecule has 0 fully saturated rings. The Bertz CT molecular complexity index is 934. The number of esters is 1. The first kappa shape index (κ1) is 18.0. The Morgan fingerprint density at radius 2 is 1.81 bits per heavy atom. The highest BCUT2D eigenvalue weighted by atomic mass is 32.2. The summed E-state index contributed by atoms with van der Waals surface area (Å²) in [5, 5.41) is 5.02. The van der Waals surface area contributed by atoms with Crippen LogP contribution in [-0.2, 0) is 19.6 Å².